The zero-order valence-corrected chi connectivity index (χ0v) is 19.0. The van der Waals surface area contributed by atoms with Crippen LogP contribution in [0.25, 0.3) is 0 Å². The quantitative estimate of drug-likeness (QED) is 0.243. The van der Waals surface area contributed by atoms with Gasteiger partial charge in [-0.05, 0) is 32.9 Å². The van der Waals surface area contributed by atoms with Crippen molar-refractivity contribution in [2.75, 3.05) is 5.32 Å². The number of carbonyl (C=O) groups is 5. The number of phenolic OH excluding ortho intramolecular Hbond substituents is 1. The van der Waals surface area contributed by atoms with Gasteiger partial charge in [0, 0.05) is 0 Å². The molecule has 1 heterocycles. The summed E-state index contributed by atoms with van der Waals surface area (Å²) in [7, 11) is 0. The number of para-hydroxylation sites is 1. The third kappa shape index (κ3) is 5.99. The number of carbonyl (C=O) groups excluding carboxylic acids is 5. The second kappa shape index (κ2) is 10.8. The number of hydrogen-bond donors (Lipinski definition) is 3. The molecule has 3 N–H and O–H groups in total. The first-order valence-electron chi connectivity index (χ1n) is 10.4. The molecule has 11 heteroatoms. The van der Waals surface area contributed by atoms with Gasteiger partial charge < -0.3 is 30.0 Å². The summed E-state index contributed by atoms with van der Waals surface area (Å²) in [4.78, 5) is 61.0. The van der Waals surface area contributed by atoms with Crippen LogP contribution in [0.15, 0.2) is 18.2 Å². The van der Waals surface area contributed by atoms with Crippen molar-refractivity contribution in [2.24, 2.45) is 11.8 Å². The summed E-state index contributed by atoms with van der Waals surface area (Å²) in [6.07, 6.45) is -2.91. The molecule has 0 aromatic heterocycles. The summed E-state index contributed by atoms with van der Waals surface area (Å²) >= 11 is 0. The molecule has 0 unspecified atom stereocenters. The molecule has 0 bridgehead atoms. The summed E-state index contributed by atoms with van der Waals surface area (Å²) in [6.45, 7) is 7.60. The van der Waals surface area contributed by atoms with Gasteiger partial charge in [-0.2, -0.15) is 0 Å². The van der Waals surface area contributed by atoms with Gasteiger partial charge in [0.25, 0.3) is 5.91 Å². The minimum Gasteiger partial charge on any atom is -0.505 e. The molecule has 2 rings (SSSR count). The van der Waals surface area contributed by atoms with Gasteiger partial charge >= 0.3 is 17.9 Å². The molecule has 1 saturated heterocycles. The smallest absolute Gasteiger partial charge is 0.332 e. The lowest BCUT2D eigenvalue weighted by Crippen LogP contribution is -2.50. The van der Waals surface area contributed by atoms with Crippen molar-refractivity contribution in [1.29, 1.82) is 0 Å². The maximum atomic E-state index is 12.9. The highest BCUT2D eigenvalue weighted by molar-refractivity contribution is 6.01. The van der Waals surface area contributed by atoms with E-state index in [-0.39, 0.29) is 11.3 Å². The zero-order valence-electron chi connectivity index (χ0n) is 19.0. The Bertz CT molecular complexity index is 930. The van der Waals surface area contributed by atoms with E-state index >= 15 is 0 Å². The van der Waals surface area contributed by atoms with Crippen LogP contribution in [0.1, 0.15) is 45.0 Å². The summed E-state index contributed by atoms with van der Waals surface area (Å²) in [5.41, 5.74) is -0.232. The Labute approximate surface area is 190 Å². The molecule has 2 amide bonds. The molecule has 0 spiro atoms. The fourth-order valence-corrected chi connectivity index (χ4v) is 3.18. The second-order valence-electron chi connectivity index (χ2n) is 8.04. The molecule has 5 atom stereocenters. The lowest BCUT2D eigenvalue weighted by molar-refractivity contribution is -0.175. The fourth-order valence-electron chi connectivity index (χ4n) is 3.18. The van der Waals surface area contributed by atoms with E-state index < -0.39 is 65.8 Å². The van der Waals surface area contributed by atoms with Crippen LogP contribution in [-0.2, 0) is 33.4 Å². The molecule has 11 nitrogen and oxygen atoms in total. The number of rotatable bonds is 6. The topological polar surface area (TPSA) is 157 Å². The van der Waals surface area contributed by atoms with E-state index in [1.165, 1.54) is 39.0 Å². The Kier molecular flexibility index (Phi) is 8.38. The van der Waals surface area contributed by atoms with Crippen molar-refractivity contribution in [3.63, 3.8) is 0 Å². The van der Waals surface area contributed by atoms with E-state index in [2.05, 4.69) is 10.6 Å². The highest BCUT2D eigenvalue weighted by atomic mass is 16.6. The maximum Gasteiger partial charge on any atom is 0.332 e. The molecule has 1 fully saturated rings. The minimum atomic E-state index is -1.42. The number of aromatic hydroxyl groups is 1. The first kappa shape index (κ1) is 25.6. The number of anilines is 1. The molecular weight excluding hydrogens is 436 g/mol. The monoisotopic (exact) mass is 464 g/mol. The van der Waals surface area contributed by atoms with Gasteiger partial charge in [0.05, 0.1) is 23.1 Å². The summed E-state index contributed by atoms with van der Waals surface area (Å²) in [6, 6.07) is 2.66. The molecule has 1 aromatic carbocycles. The van der Waals surface area contributed by atoms with Crippen LogP contribution in [0.5, 0.6) is 5.75 Å². The highest BCUT2D eigenvalue weighted by Crippen LogP contribution is 2.27. The number of amides is 2. The summed E-state index contributed by atoms with van der Waals surface area (Å²) < 4.78 is 16.1. The van der Waals surface area contributed by atoms with Gasteiger partial charge in [-0.15, -0.1) is 0 Å². The molecule has 180 valence electrons. The predicted octanol–water partition coefficient (Wildman–Crippen LogP) is 1.14. The molecule has 1 aromatic rings. The van der Waals surface area contributed by atoms with Gasteiger partial charge in [-0.3, -0.25) is 19.2 Å². The Morgan fingerprint density at radius 1 is 1.09 bits per heavy atom. The zero-order chi connectivity index (χ0) is 24.9. The van der Waals surface area contributed by atoms with Gasteiger partial charge in [0.15, 0.2) is 17.9 Å². The van der Waals surface area contributed by atoms with E-state index in [4.69, 9.17) is 14.2 Å². The van der Waals surface area contributed by atoms with Crippen LogP contribution in [0.3, 0.4) is 0 Å². The Morgan fingerprint density at radius 2 is 1.73 bits per heavy atom. The van der Waals surface area contributed by atoms with Crippen molar-refractivity contribution in [1.82, 2.24) is 5.32 Å². The normalized spacial score (nSPS) is 25.6. The number of hydrogen-bond acceptors (Lipinski definition) is 9. The van der Waals surface area contributed by atoms with E-state index in [0.29, 0.717) is 6.41 Å². The Balaban J connectivity index is 2.29. The number of benzene rings is 1. The van der Waals surface area contributed by atoms with Crippen molar-refractivity contribution in [2.45, 2.75) is 59.0 Å². The van der Waals surface area contributed by atoms with Crippen LogP contribution in [0, 0.1) is 11.8 Å². The van der Waals surface area contributed by atoms with Crippen molar-refractivity contribution in [3.8, 4) is 5.75 Å². The van der Waals surface area contributed by atoms with Crippen molar-refractivity contribution < 1.29 is 43.3 Å². The van der Waals surface area contributed by atoms with Gasteiger partial charge in [0.2, 0.25) is 6.41 Å². The van der Waals surface area contributed by atoms with Crippen LogP contribution < -0.4 is 10.6 Å². The molecule has 0 saturated carbocycles. The summed E-state index contributed by atoms with van der Waals surface area (Å²) in [5, 5.41) is 14.9. The van der Waals surface area contributed by atoms with Gasteiger partial charge in [0.1, 0.15) is 12.2 Å². The SMILES string of the molecule is CC(C)C(=O)O[C@H]1[C@H](C)C(=O)O[C@@H](C)[C@@H](NC(=O)c2cccc(NC=O)c2O)C(=O)O[C@@H]1C. The van der Waals surface area contributed by atoms with Crippen molar-refractivity contribution >= 4 is 35.9 Å². The number of phenols is 1. The molecule has 1 aliphatic rings. The maximum absolute atomic E-state index is 12.9. The van der Waals surface area contributed by atoms with E-state index in [9.17, 15) is 29.1 Å². The van der Waals surface area contributed by atoms with E-state index in [0.717, 1.165) is 0 Å². The predicted molar refractivity (Wildman–Crippen MR) is 114 cm³/mol. The minimum absolute atomic E-state index is 0.00794. The third-order valence-corrected chi connectivity index (χ3v) is 5.16. The standard InChI is InChI=1S/C22H28N2O9/c1-10(2)20(28)33-18-11(3)21(29)31-12(4)16(22(30)32-13(18)5)24-19(27)14-7-6-8-15(17(14)26)23-9-25/h6-13,16,18,26H,1-5H3,(H,23,25)(H,24,27)/t11-,12-,13+,16+,18-/m0/s1. The highest BCUT2D eigenvalue weighted by Gasteiger charge is 2.42. The number of nitrogens with one attached hydrogen (secondary N) is 2. The average molecular weight is 464 g/mol. The molecule has 1 aliphatic heterocycles. The Morgan fingerprint density at radius 3 is 2.33 bits per heavy atom. The van der Waals surface area contributed by atoms with Crippen LogP contribution in [-0.4, -0.2) is 59.7 Å². The number of ether oxygens (including phenoxy) is 3. The molecule has 0 radical (unpaired) electrons. The van der Waals surface area contributed by atoms with E-state index in [1.807, 2.05) is 0 Å². The first-order valence-corrected chi connectivity index (χ1v) is 10.4. The second-order valence-corrected chi connectivity index (χ2v) is 8.04. The average Bonchev–Trinajstić information content (AvgIpc) is 2.77. The van der Waals surface area contributed by atoms with Gasteiger partial charge in [-0.1, -0.05) is 19.9 Å². The molecular formula is C22H28N2O9. The largest absolute Gasteiger partial charge is 0.505 e. The number of cyclic esters (lactones) is 2. The summed E-state index contributed by atoms with van der Waals surface area (Å²) in [5.74, 6) is -5.01. The molecule has 0 aliphatic carbocycles. The van der Waals surface area contributed by atoms with Gasteiger partial charge in [-0.25, -0.2) is 4.79 Å². The molecule has 33 heavy (non-hydrogen) atoms. The lowest BCUT2D eigenvalue weighted by Gasteiger charge is -2.27. The van der Waals surface area contributed by atoms with E-state index in [1.54, 1.807) is 13.8 Å². The fraction of sp³-hybridized carbons (Fsp3) is 0.500. The Hall–Kier alpha value is -3.63. The van der Waals surface area contributed by atoms with Crippen LogP contribution in [0.4, 0.5) is 5.69 Å². The lowest BCUT2D eigenvalue weighted by atomic mass is 10.00. The number of esters is 3. The first-order chi connectivity index (χ1) is 15.5. The van der Waals surface area contributed by atoms with Crippen molar-refractivity contribution in [3.05, 3.63) is 23.8 Å². The third-order valence-electron chi connectivity index (χ3n) is 5.16. The van der Waals surface area contributed by atoms with Crippen LogP contribution >= 0.6 is 0 Å². The van der Waals surface area contributed by atoms with Crippen LogP contribution in [0.2, 0.25) is 0 Å².